The van der Waals surface area contributed by atoms with Gasteiger partial charge in [0, 0.05) is 0 Å². The Hall–Kier alpha value is 0.220. The monoisotopic (exact) mass is 192 g/mol. The van der Waals surface area contributed by atoms with Crippen LogP contribution in [0, 0.1) is 0 Å². The molecule has 2 N–H and O–H groups in total. The molecule has 0 aliphatic rings. The van der Waals surface area contributed by atoms with E-state index in [0.29, 0.717) is 0 Å². The smallest absolute Gasteiger partial charge is 0.369 e. The van der Waals surface area contributed by atoms with E-state index in [4.69, 9.17) is 10.2 Å². The van der Waals surface area contributed by atoms with E-state index in [1.54, 1.807) is 0 Å². The Balaban J connectivity index is 0. The molecular formula is C2H9O6PS. The molecule has 0 aromatic rings. The number of rotatable bonds is 4. The maximum absolute atomic E-state index is 10.1. The fraction of sp³-hybridized carbons (Fsp3) is 1.00. The van der Waals surface area contributed by atoms with Gasteiger partial charge < -0.3 is 10.2 Å². The SMILES string of the molecule is O=S(=O)(OCO)OCO.P. The Bertz CT molecular complexity index is 139. The Morgan fingerprint density at radius 2 is 1.40 bits per heavy atom. The van der Waals surface area contributed by atoms with Gasteiger partial charge >= 0.3 is 10.4 Å². The lowest BCUT2D eigenvalue weighted by molar-refractivity contribution is 0.0477. The Morgan fingerprint density at radius 1 is 1.10 bits per heavy atom. The van der Waals surface area contributed by atoms with Crippen molar-refractivity contribution in [3.8, 4) is 0 Å². The Morgan fingerprint density at radius 3 is 1.60 bits per heavy atom. The van der Waals surface area contributed by atoms with Gasteiger partial charge in [0.25, 0.3) is 0 Å². The van der Waals surface area contributed by atoms with E-state index in [0.717, 1.165) is 0 Å². The van der Waals surface area contributed by atoms with E-state index in [2.05, 4.69) is 8.37 Å². The van der Waals surface area contributed by atoms with Crippen LogP contribution in [-0.2, 0) is 18.8 Å². The molecule has 0 aliphatic heterocycles. The summed E-state index contributed by atoms with van der Waals surface area (Å²) in [5, 5.41) is 15.7. The van der Waals surface area contributed by atoms with Crippen molar-refractivity contribution in [3.63, 3.8) is 0 Å². The van der Waals surface area contributed by atoms with Crippen molar-refractivity contribution in [2.45, 2.75) is 0 Å². The molecule has 64 valence electrons. The summed E-state index contributed by atoms with van der Waals surface area (Å²) in [4.78, 5) is 0. The molecule has 0 bridgehead atoms. The van der Waals surface area contributed by atoms with Gasteiger partial charge in [-0.3, -0.25) is 0 Å². The minimum Gasteiger partial charge on any atom is -0.369 e. The summed E-state index contributed by atoms with van der Waals surface area (Å²) in [6.45, 7) is -2.00. The van der Waals surface area contributed by atoms with Crippen molar-refractivity contribution in [1.29, 1.82) is 0 Å². The quantitative estimate of drug-likeness (QED) is 0.404. The molecular weight excluding hydrogens is 183 g/mol. The first kappa shape index (κ1) is 12.9. The third-order valence-electron chi connectivity index (χ3n) is 0.394. The second kappa shape index (κ2) is 5.96. The molecule has 0 aromatic heterocycles. The van der Waals surface area contributed by atoms with Crippen LogP contribution in [-0.4, -0.2) is 32.2 Å². The highest BCUT2D eigenvalue weighted by Gasteiger charge is 2.08. The largest absolute Gasteiger partial charge is 0.404 e. The normalized spacial score (nSPS) is 10.6. The lowest BCUT2D eigenvalue weighted by Crippen LogP contribution is -2.11. The van der Waals surface area contributed by atoms with Gasteiger partial charge in [-0.1, -0.05) is 0 Å². The van der Waals surface area contributed by atoms with Crippen LogP contribution in [0.4, 0.5) is 0 Å². The van der Waals surface area contributed by atoms with Crippen molar-refractivity contribution in [2.24, 2.45) is 0 Å². The molecule has 6 nitrogen and oxygen atoms in total. The molecule has 0 rings (SSSR count). The van der Waals surface area contributed by atoms with Crippen molar-refractivity contribution < 1.29 is 27.0 Å². The van der Waals surface area contributed by atoms with Gasteiger partial charge in [0.1, 0.15) is 0 Å². The second-order valence-electron chi connectivity index (χ2n) is 0.902. The predicted octanol–water partition coefficient (Wildman–Crippen LogP) is -1.78. The maximum atomic E-state index is 10.1. The topological polar surface area (TPSA) is 93.1 Å². The van der Waals surface area contributed by atoms with E-state index in [1.807, 2.05) is 0 Å². The third kappa shape index (κ3) is 6.34. The zero-order valence-electron chi connectivity index (χ0n) is 5.06. The standard InChI is InChI=1S/C2H6O6S.H3P/c3-1-7-9(5,6)8-2-4;/h3-4H,1-2H2;1H3. The van der Waals surface area contributed by atoms with Gasteiger partial charge in [-0.05, 0) is 0 Å². The lowest BCUT2D eigenvalue weighted by Gasteiger charge is -1.97. The van der Waals surface area contributed by atoms with E-state index in [-0.39, 0.29) is 9.90 Å². The lowest BCUT2D eigenvalue weighted by atomic mass is 11.6. The summed E-state index contributed by atoms with van der Waals surface area (Å²) in [7, 11) is -4.18. The fourth-order valence-electron chi connectivity index (χ4n) is 0.163. The molecule has 0 amide bonds. The predicted molar refractivity (Wildman–Crippen MR) is 36.4 cm³/mol. The molecule has 0 aliphatic carbocycles. The zero-order valence-corrected chi connectivity index (χ0v) is 7.29. The second-order valence-corrected chi connectivity index (χ2v) is 2.19. The van der Waals surface area contributed by atoms with Crippen LogP contribution in [0.25, 0.3) is 0 Å². The van der Waals surface area contributed by atoms with Gasteiger partial charge in [0.2, 0.25) is 0 Å². The van der Waals surface area contributed by atoms with Crippen LogP contribution in [0.5, 0.6) is 0 Å². The van der Waals surface area contributed by atoms with Crippen LogP contribution in [0.1, 0.15) is 0 Å². The van der Waals surface area contributed by atoms with Crippen LogP contribution < -0.4 is 0 Å². The zero-order chi connectivity index (χ0) is 7.33. The molecule has 0 saturated heterocycles. The van der Waals surface area contributed by atoms with Crippen LogP contribution in [0.15, 0.2) is 0 Å². The highest BCUT2D eigenvalue weighted by atomic mass is 32.3. The van der Waals surface area contributed by atoms with Gasteiger partial charge in [-0.15, -0.1) is 0 Å². The summed E-state index contributed by atoms with van der Waals surface area (Å²) in [5.41, 5.74) is 0. The molecule has 0 radical (unpaired) electrons. The van der Waals surface area contributed by atoms with Crippen molar-refractivity contribution >= 4 is 20.3 Å². The molecule has 0 heterocycles. The molecule has 10 heavy (non-hydrogen) atoms. The molecule has 1 unspecified atom stereocenters. The number of aliphatic hydroxyl groups excluding tert-OH is 2. The average Bonchev–Trinajstić information content (AvgIpc) is 1.64. The van der Waals surface area contributed by atoms with E-state index < -0.39 is 24.0 Å². The summed E-state index contributed by atoms with van der Waals surface area (Å²) < 4.78 is 27.4. The number of hydrogen-bond donors (Lipinski definition) is 2. The summed E-state index contributed by atoms with van der Waals surface area (Å²) >= 11 is 0. The summed E-state index contributed by atoms with van der Waals surface area (Å²) in [6.07, 6.45) is 0. The Labute approximate surface area is 61.7 Å². The van der Waals surface area contributed by atoms with Crippen LogP contribution >= 0.6 is 9.90 Å². The first-order chi connectivity index (χ1) is 4.12. The van der Waals surface area contributed by atoms with E-state index in [9.17, 15) is 8.42 Å². The van der Waals surface area contributed by atoms with Gasteiger partial charge in [0.05, 0.1) is 0 Å². The van der Waals surface area contributed by atoms with Gasteiger partial charge in [-0.2, -0.15) is 18.3 Å². The molecule has 8 heteroatoms. The molecule has 0 fully saturated rings. The van der Waals surface area contributed by atoms with Crippen molar-refractivity contribution in [2.75, 3.05) is 13.6 Å². The Kier molecular flexibility index (Phi) is 7.67. The number of hydrogen-bond acceptors (Lipinski definition) is 6. The van der Waals surface area contributed by atoms with Crippen LogP contribution in [0.2, 0.25) is 0 Å². The molecule has 0 saturated carbocycles. The third-order valence-corrected chi connectivity index (χ3v) is 1.18. The fourth-order valence-corrected chi connectivity index (χ4v) is 0.489. The first-order valence-electron chi connectivity index (χ1n) is 1.88. The molecule has 1 atom stereocenters. The average molecular weight is 192 g/mol. The molecule has 0 spiro atoms. The first-order valence-corrected chi connectivity index (χ1v) is 3.21. The highest BCUT2D eigenvalue weighted by Crippen LogP contribution is 1.91. The van der Waals surface area contributed by atoms with Crippen LogP contribution in [0.3, 0.4) is 0 Å². The van der Waals surface area contributed by atoms with E-state index in [1.165, 1.54) is 0 Å². The minimum absolute atomic E-state index is 0. The van der Waals surface area contributed by atoms with Crippen molar-refractivity contribution in [1.82, 2.24) is 0 Å². The van der Waals surface area contributed by atoms with Crippen molar-refractivity contribution in [3.05, 3.63) is 0 Å². The van der Waals surface area contributed by atoms with Gasteiger partial charge in [-0.25, -0.2) is 8.37 Å². The summed E-state index contributed by atoms with van der Waals surface area (Å²) in [6, 6.07) is 0. The molecule has 0 aromatic carbocycles. The maximum Gasteiger partial charge on any atom is 0.404 e. The minimum atomic E-state index is -4.18. The van der Waals surface area contributed by atoms with Gasteiger partial charge in [0.15, 0.2) is 13.6 Å². The highest BCUT2D eigenvalue weighted by molar-refractivity contribution is 7.81. The van der Waals surface area contributed by atoms with E-state index >= 15 is 0 Å². The number of aliphatic hydroxyl groups is 2. The summed E-state index contributed by atoms with van der Waals surface area (Å²) in [5.74, 6) is 0.